The molecule has 0 fully saturated rings. The SMILES string of the molecule is O=C(O)CCCCCCCCCCCC#CCO. The summed E-state index contributed by atoms with van der Waals surface area (Å²) in [6, 6.07) is 0. The van der Waals surface area contributed by atoms with E-state index in [0.29, 0.717) is 6.42 Å². The summed E-state index contributed by atoms with van der Waals surface area (Å²) in [4.78, 5) is 10.3. The molecule has 0 saturated heterocycles. The van der Waals surface area contributed by atoms with Crippen molar-refractivity contribution < 1.29 is 15.0 Å². The van der Waals surface area contributed by atoms with Crippen LogP contribution in [0.3, 0.4) is 0 Å². The molecule has 0 radical (unpaired) electrons. The van der Waals surface area contributed by atoms with Crippen LogP contribution in [-0.2, 0) is 4.79 Å². The molecular weight excluding hydrogens is 228 g/mol. The summed E-state index contributed by atoms with van der Waals surface area (Å²) < 4.78 is 0. The van der Waals surface area contributed by atoms with Crippen LogP contribution in [0, 0.1) is 11.8 Å². The molecule has 0 aromatic carbocycles. The predicted octanol–water partition coefficient (Wildman–Crippen LogP) is 3.36. The molecule has 0 unspecified atom stereocenters. The fourth-order valence-electron chi connectivity index (χ4n) is 1.87. The highest BCUT2D eigenvalue weighted by atomic mass is 16.4. The zero-order valence-electron chi connectivity index (χ0n) is 11.3. The van der Waals surface area contributed by atoms with E-state index in [0.717, 1.165) is 32.1 Å². The van der Waals surface area contributed by atoms with Gasteiger partial charge in [-0.05, 0) is 12.8 Å². The highest BCUT2D eigenvalue weighted by Crippen LogP contribution is 2.11. The first-order valence-electron chi connectivity index (χ1n) is 7.05. The molecule has 18 heavy (non-hydrogen) atoms. The van der Waals surface area contributed by atoms with E-state index in [2.05, 4.69) is 11.8 Å². The van der Waals surface area contributed by atoms with Gasteiger partial charge in [-0.2, -0.15) is 0 Å². The van der Waals surface area contributed by atoms with Crippen molar-refractivity contribution in [3.63, 3.8) is 0 Å². The second kappa shape index (κ2) is 14.1. The van der Waals surface area contributed by atoms with Gasteiger partial charge in [-0.1, -0.05) is 50.9 Å². The van der Waals surface area contributed by atoms with Crippen LogP contribution in [0.4, 0.5) is 0 Å². The maximum absolute atomic E-state index is 10.3. The molecule has 2 N–H and O–H groups in total. The number of hydrogen-bond donors (Lipinski definition) is 2. The molecule has 0 aromatic heterocycles. The summed E-state index contributed by atoms with van der Waals surface area (Å²) in [6.07, 6.45) is 11.6. The average molecular weight is 254 g/mol. The highest BCUT2D eigenvalue weighted by Gasteiger charge is 1.96. The quantitative estimate of drug-likeness (QED) is 0.439. The van der Waals surface area contributed by atoms with Gasteiger partial charge < -0.3 is 10.2 Å². The van der Waals surface area contributed by atoms with Crippen LogP contribution >= 0.6 is 0 Å². The van der Waals surface area contributed by atoms with Crippen molar-refractivity contribution in [3.05, 3.63) is 0 Å². The van der Waals surface area contributed by atoms with Crippen LogP contribution < -0.4 is 0 Å². The molecule has 0 bridgehead atoms. The molecule has 0 rings (SSSR count). The van der Waals surface area contributed by atoms with Crippen molar-refractivity contribution >= 4 is 5.97 Å². The molecule has 0 spiro atoms. The number of unbranched alkanes of at least 4 members (excludes halogenated alkanes) is 9. The number of carbonyl (C=O) groups is 1. The molecule has 0 aliphatic rings. The number of aliphatic carboxylic acids is 1. The maximum Gasteiger partial charge on any atom is 0.303 e. The van der Waals surface area contributed by atoms with E-state index < -0.39 is 5.97 Å². The molecule has 0 amide bonds. The number of aliphatic hydroxyl groups is 1. The van der Waals surface area contributed by atoms with Gasteiger partial charge >= 0.3 is 5.97 Å². The van der Waals surface area contributed by atoms with E-state index >= 15 is 0 Å². The van der Waals surface area contributed by atoms with Gasteiger partial charge in [0.2, 0.25) is 0 Å². The molecule has 0 aliphatic carbocycles. The van der Waals surface area contributed by atoms with Gasteiger partial charge in [0, 0.05) is 12.8 Å². The number of hydrogen-bond acceptors (Lipinski definition) is 2. The summed E-state index contributed by atoms with van der Waals surface area (Å²) >= 11 is 0. The zero-order chi connectivity index (χ0) is 13.5. The van der Waals surface area contributed by atoms with Gasteiger partial charge in [-0.25, -0.2) is 0 Å². The number of aliphatic hydroxyl groups excluding tert-OH is 1. The number of carboxylic acid groups (broad SMARTS) is 1. The lowest BCUT2D eigenvalue weighted by atomic mass is 10.1. The fraction of sp³-hybridized carbons (Fsp3) is 0.800. The minimum atomic E-state index is -0.681. The Morgan fingerprint density at radius 1 is 0.778 bits per heavy atom. The Kier molecular flexibility index (Phi) is 13.3. The summed E-state index contributed by atoms with van der Waals surface area (Å²) in [5.74, 6) is 4.89. The Labute approximate surface area is 111 Å². The second-order valence-electron chi connectivity index (χ2n) is 4.59. The Morgan fingerprint density at radius 3 is 1.78 bits per heavy atom. The molecule has 104 valence electrons. The summed E-state index contributed by atoms with van der Waals surface area (Å²) in [5, 5.41) is 16.9. The molecular formula is C15H26O3. The fourth-order valence-corrected chi connectivity index (χ4v) is 1.87. The van der Waals surface area contributed by atoms with Crippen LogP contribution in [0.2, 0.25) is 0 Å². The lowest BCUT2D eigenvalue weighted by Crippen LogP contribution is -1.93. The molecule has 0 atom stereocenters. The highest BCUT2D eigenvalue weighted by molar-refractivity contribution is 5.66. The average Bonchev–Trinajstić information content (AvgIpc) is 2.34. The van der Waals surface area contributed by atoms with E-state index in [4.69, 9.17) is 10.2 Å². The third-order valence-electron chi connectivity index (χ3n) is 2.90. The largest absolute Gasteiger partial charge is 0.481 e. The van der Waals surface area contributed by atoms with Crippen molar-refractivity contribution in [2.45, 2.75) is 70.6 Å². The van der Waals surface area contributed by atoms with Gasteiger partial charge in [0.25, 0.3) is 0 Å². The van der Waals surface area contributed by atoms with Gasteiger partial charge in [-0.3, -0.25) is 4.79 Å². The third-order valence-corrected chi connectivity index (χ3v) is 2.90. The van der Waals surface area contributed by atoms with Crippen LogP contribution in [-0.4, -0.2) is 22.8 Å². The van der Waals surface area contributed by atoms with Crippen LogP contribution in [0.25, 0.3) is 0 Å². The monoisotopic (exact) mass is 254 g/mol. The van der Waals surface area contributed by atoms with Crippen LogP contribution in [0.15, 0.2) is 0 Å². The Bertz CT molecular complexity index is 250. The van der Waals surface area contributed by atoms with Gasteiger partial charge in [0.05, 0.1) is 0 Å². The van der Waals surface area contributed by atoms with Crippen molar-refractivity contribution in [2.24, 2.45) is 0 Å². The minimum Gasteiger partial charge on any atom is -0.481 e. The molecule has 0 saturated carbocycles. The lowest BCUT2D eigenvalue weighted by molar-refractivity contribution is -0.137. The first-order chi connectivity index (χ1) is 8.77. The molecule has 0 aromatic rings. The molecule has 0 heterocycles. The van der Waals surface area contributed by atoms with Crippen molar-refractivity contribution in [1.29, 1.82) is 0 Å². The van der Waals surface area contributed by atoms with Crippen molar-refractivity contribution in [2.75, 3.05) is 6.61 Å². The normalized spacial score (nSPS) is 9.83. The first kappa shape index (κ1) is 17.0. The van der Waals surface area contributed by atoms with Crippen LogP contribution in [0.1, 0.15) is 70.6 Å². The van der Waals surface area contributed by atoms with Crippen molar-refractivity contribution in [1.82, 2.24) is 0 Å². The first-order valence-corrected chi connectivity index (χ1v) is 7.05. The summed E-state index contributed by atoms with van der Waals surface area (Å²) in [5.41, 5.74) is 0. The number of rotatable bonds is 11. The van der Waals surface area contributed by atoms with Gasteiger partial charge in [0.15, 0.2) is 0 Å². The summed E-state index contributed by atoms with van der Waals surface area (Å²) in [6.45, 7) is -0.0259. The molecule has 3 nitrogen and oxygen atoms in total. The topological polar surface area (TPSA) is 57.5 Å². The van der Waals surface area contributed by atoms with Gasteiger partial charge in [-0.15, -0.1) is 5.92 Å². The van der Waals surface area contributed by atoms with Crippen molar-refractivity contribution in [3.8, 4) is 11.8 Å². The molecule has 3 heteroatoms. The van der Waals surface area contributed by atoms with E-state index in [1.165, 1.54) is 32.1 Å². The minimum absolute atomic E-state index is 0.0259. The maximum atomic E-state index is 10.3. The second-order valence-corrected chi connectivity index (χ2v) is 4.59. The Balaban J connectivity index is 3.01. The Hall–Kier alpha value is -1.01. The van der Waals surface area contributed by atoms with Crippen LogP contribution in [0.5, 0.6) is 0 Å². The standard InChI is InChI=1S/C15H26O3/c16-14-12-10-8-6-4-2-1-3-5-7-9-11-13-15(17)18/h16H,1-9,11,13-14H2,(H,17,18). The lowest BCUT2D eigenvalue weighted by Gasteiger charge is -2.01. The van der Waals surface area contributed by atoms with E-state index in [-0.39, 0.29) is 6.61 Å². The summed E-state index contributed by atoms with van der Waals surface area (Å²) in [7, 11) is 0. The van der Waals surface area contributed by atoms with E-state index in [9.17, 15) is 4.79 Å². The smallest absolute Gasteiger partial charge is 0.303 e. The van der Waals surface area contributed by atoms with E-state index in [1.54, 1.807) is 0 Å². The zero-order valence-corrected chi connectivity index (χ0v) is 11.3. The van der Waals surface area contributed by atoms with Gasteiger partial charge in [0.1, 0.15) is 6.61 Å². The third kappa shape index (κ3) is 15.0. The predicted molar refractivity (Wildman–Crippen MR) is 73.3 cm³/mol. The molecule has 0 aliphatic heterocycles. The van der Waals surface area contributed by atoms with E-state index in [1.807, 2.05) is 0 Å². The number of carboxylic acids is 1. The Morgan fingerprint density at radius 2 is 1.28 bits per heavy atom.